The monoisotopic (exact) mass is 440 g/mol. The number of aromatic nitrogens is 3. The van der Waals surface area contributed by atoms with Crippen LogP contribution < -0.4 is 5.32 Å². The lowest BCUT2D eigenvalue weighted by Gasteiger charge is -2.21. The smallest absolute Gasteiger partial charge is 0.342 e. The summed E-state index contributed by atoms with van der Waals surface area (Å²) in [5.41, 5.74) is -0.720. The Hall–Kier alpha value is -2.42. The van der Waals surface area contributed by atoms with Crippen LogP contribution in [0.5, 0.6) is 0 Å². The van der Waals surface area contributed by atoms with Gasteiger partial charge in [-0.3, -0.25) is 9.20 Å². The number of benzene rings is 1. The number of hydrogen-bond acceptors (Lipinski definition) is 3. The minimum absolute atomic E-state index is 0.119. The molecular weight excluding hydrogens is 425 g/mol. The van der Waals surface area contributed by atoms with Crippen molar-refractivity contribution in [2.45, 2.75) is 26.1 Å². The van der Waals surface area contributed by atoms with Crippen LogP contribution in [0.25, 0.3) is 5.65 Å². The quantitative estimate of drug-likeness (QED) is 0.642. The molecule has 1 aromatic carbocycles. The molecule has 1 atom stereocenters. The van der Waals surface area contributed by atoms with Crippen LogP contribution in [0.1, 0.15) is 41.6 Å². The summed E-state index contributed by atoms with van der Waals surface area (Å²) in [6.45, 7) is 3.70. The van der Waals surface area contributed by atoms with Crippen molar-refractivity contribution < 1.29 is 18.0 Å². The molecule has 1 amide bonds. The van der Waals surface area contributed by atoms with Crippen LogP contribution in [0.2, 0.25) is 0 Å². The Bertz CT molecular complexity index is 967. The third-order valence-corrected chi connectivity index (χ3v) is 4.63. The van der Waals surface area contributed by atoms with E-state index >= 15 is 0 Å². The second-order valence-corrected chi connectivity index (χ2v) is 7.29. The Balaban J connectivity index is 1.98. The van der Waals surface area contributed by atoms with Crippen LogP contribution in [-0.2, 0) is 6.18 Å². The molecule has 0 aliphatic heterocycles. The molecule has 1 N–H and O–H groups in total. The first-order valence-corrected chi connectivity index (χ1v) is 8.95. The topological polar surface area (TPSA) is 59.3 Å². The minimum Gasteiger partial charge on any atom is -0.342 e. The van der Waals surface area contributed by atoms with Gasteiger partial charge in [-0.1, -0.05) is 29.8 Å². The molecule has 0 fully saturated rings. The van der Waals surface area contributed by atoms with Gasteiger partial charge in [-0.05, 0) is 42.3 Å². The van der Waals surface area contributed by atoms with E-state index in [1.807, 2.05) is 13.8 Å². The molecular formula is C18H16BrF3N4O. The fraction of sp³-hybridized carbons (Fsp3) is 0.278. The van der Waals surface area contributed by atoms with E-state index in [0.29, 0.717) is 5.56 Å². The summed E-state index contributed by atoms with van der Waals surface area (Å²) in [6, 6.07) is 8.42. The molecule has 0 saturated heterocycles. The van der Waals surface area contributed by atoms with Gasteiger partial charge in [0.25, 0.3) is 5.91 Å². The molecule has 0 aliphatic rings. The minimum atomic E-state index is -4.54. The maximum Gasteiger partial charge on any atom is 0.420 e. The zero-order chi connectivity index (χ0) is 19.8. The predicted octanol–water partition coefficient (Wildman–Crippen LogP) is 4.64. The van der Waals surface area contributed by atoms with E-state index in [9.17, 15) is 18.0 Å². The number of carbonyl (C=O) groups is 1. The highest BCUT2D eigenvalue weighted by atomic mass is 79.9. The third-order valence-electron chi connectivity index (χ3n) is 4.10. The largest absolute Gasteiger partial charge is 0.420 e. The highest BCUT2D eigenvalue weighted by Crippen LogP contribution is 2.33. The molecule has 0 aliphatic carbocycles. The molecule has 142 valence electrons. The summed E-state index contributed by atoms with van der Waals surface area (Å²) in [7, 11) is 0. The Morgan fingerprint density at radius 1 is 1.15 bits per heavy atom. The molecule has 9 heteroatoms. The van der Waals surface area contributed by atoms with Crippen LogP contribution in [0, 0.1) is 5.92 Å². The molecule has 2 aromatic heterocycles. The van der Waals surface area contributed by atoms with E-state index in [0.717, 1.165) is 10.5 Å². The molecule has 0 unspecified atom stereocenters. The van der Waals surface area contributed by atoms with Crippen molar-refractivity contribution in [3.05, 3.63) is 64.0 Å². The average molecular weight is 441 g/mol. The zero-order valence-corrected chi connectivity index (χ0v) is 16.0. The van der Waals surface area contributed by atoms with Crippen LogP contribution in [0.3, 0.4) is 0 Å². The van der Waals surface area contributed by atoms with E-state index in [1.165, 1.54) is 16.7 Å². The van der Waals surface area contributed by atoms with Crippen molar-refractivity contribution in [2.75, 3.05) is 0 Å². The van der Waals surface area contributed by atoms with Crippen molar-refractivity contribution in [2.24, 2.45) is 5.92 Å². The Labute approximate surface area is 161 Å². The van der Waals surface area contributed by atoms with Gasteiger partial charge in [0.05, 0.1) is 6.04 Å². The summed E-state index contributed by atoms with van der Waals surface area (Å²) in [4.78, 5) is 12.6. The maximum atomic E-state index is 13.2. The lowest BCUT2D eigenvalue weighted by Crippen LogP contribution is -2.33. The van der Waals surface area contributed by atoms with Gasteiger partial charge in [-0.25, -0.2) is 0 Å². The van der Waals surface area contributed by atoms with E-state index in [2.05, 4.69) is 31.4 Å². The van der Waals surface area contributed by atoms with E-state index < -0.39 is 17.8 Å². The molecule has 0 spiro atoms. The van der Waals surface area contributed by atoms with E-state index in [-0.39, 0.29) is 23.3 Å². The fourth-order valence-electron chi connectivity index (χ4n) is 2.72. The summed E-state index contributed by atoms with van der Waals surface area (Å²) in [6.07, 6.45) is -3.08. The Morgan fingerprint density at radius 2 is 1.81 bits per heavy atom. The molecule has 5 nitrogen and oxygen atoms in total. The van der Waals surface area contributed by atoms with Crippen LogP contribution in [0.15, 0.2) is 47.1 Å². The zero-order valence-electron chi connectivity index (χ0n) is 14.5. The molecule has 3 rings (SSSR count). The summed E-state index contributed by atoms with van der Waals surface area (Å²) in [5, 5.41) is 10.5. The first-order chi connectivity index (χ1) is 12.7. The van der Waals surface area contributed by atoms with Crippen LogP contribution in [-0.4, -0.2) is 20.5 Å². The number of amides is 1. The van der Waals surface area contributed by atoms with Gasteiger partial charge in [0, 0.05) is 16.2 Å². The number of rotatable bonds is 4. The molecule has 0 saturated carbocycles. The number of nitrogens with one attached hydrogen (secondary N) is 1. The Morgan fingerprint density at radius 3 is 2.41 bits per heavy atom. The van der Waals surface area contributed by atoms with Crippen LogP contribution in [0.4, 0.5) is 13.2 Å². The highest BCUT2D eigenvalue weighted by molar-refractivity contribution is 9.10. The standard InChI is InChI=1S/C18H16BrF3N4O/c1-10(2)14(23-17(27)11-5-7-12(19)8-6-11)16-25-24-15-13(18(20,21)22)4-3-9-26(15)16/h3-10,14H,1-2H3,(H,23,27)/t14-/m0/s1. The fourth-order valence-corrected chi connectivity index (χ4v) is 2.99. The van der Waals surface area contributed by atoms with Crippen LogP contribution >= 0.6 is 15.9 Å². The summed E-state index contributed by atoms with van der Waals surface area (Å²) < 4.78 is 41.7. The highest BCUT2D eigenvalue weighted by Gasteiger charge is 2.35. The first-order valence-electron chi connectivity index (χ1n) is 8.15. The number of pyridine rings is 1. The number of carbonyl (C=O) groups excluding carboxylic acids is 1. The molecule has 2 heterocycles. The normalized spacial score (nSPS) is 13.1. The van der Waals surface area contributed by atoms with Gasteiger partial charge in [0.15, 0.2) is 11.5 Å². The first kappa shape index (κ1) is 19.3. The number of nitrogens with zero attached hydrogens (tertiary/aromatic N) is 3. The second kappa shape index (κ2) is 7.30. The van der Waals surface area contributed by atoms with Crippen molar-refractivity contribution in [3.8, 4) is 0 Å². The summed E-state index contributed by atoms with van der Waals surface area (Å²) in [5.74, 6) is -0.215. The van der Waals surface area contributed by atoms with Crippen molar-refractivity contribution in [1.29, 1.82) is 0 Å². The number of hydrogen-bond donors (Lipinski definition) is 1. The van der Waals surface area contributed by atoms with Crippen molar-refractivity contribution in [3.63, 3.8) is 0 Å². The van der Waals surface area contributed by atoms with Gasteiger partial charge >= 0.3 is 6.18 Å². The lowest BCUT2D eigenvalue weighted by molar-refractivity contribution is -0.136. The van der Waals surface area contributed by atoms with E-state index in [1.54, 1.807) is 24.3 Å². The predicted molar refractivity (Wildman–Crippen MR) is 97.2 cm³/mol. The van der Waals surface area contributed by atoms with Gasteiger partial charge in [0.2, 0.25) is 0 Å². The Kier molecular flexibility index (Phi) is 5.23. The number of fused-ring (bicyclic) bond motifs is 1. The average Bonchev–Trinajstić information content (AvgIpc) is 3.02. The molecule has 27 heavy (non-hydrogen) atoms. The van der Waals surface area contributed by atoms with Crippen molar-refractivity contribution >= 4 is 27.5 Å². The maximum absolute atomic E-state index is 13.2. The van der Waals surface area contributed by atoms with Gasteiger partial charge in [-0.15, -0.1) is 10.2 Å². The van der Waals surface area contributed by atoms with E-state index in [4.69, 9.17) is 0 Å². The molecule has 3 aromatic rings. The lowest BCUT2D eigenvalue weighted by atomic mass is 10.0. The molecule has 0 radical (unpaired) electrons. The van der Waals surface area contributed by atoms with Crippen molar-refractivity contribution in [1.82, 2.24) is 19.9 Å². The number of halogens is 4. The SMILES string of the molecule is CC(C)[C@H](NC(=O)c1ccc(Br)cc1)c1nnc2c(C(F)(F)F)cccn12. The van der Waals surface area contributed by atoms with Gasteiger partial charge < -0.3 is 5.32 Å². The number of alkyl halides is 3. The third kappa shape index (κ3) is 3.97. The second-order valence-electron chi connectivity index (χ2n) is 6.37. The molecule has 0 bridgehead atoms. The van der Waals surface area contributed by atoms with Gasteiger partial charge in [-0.2, -0.15) is 13.2 Å². The summed E-state index contributed by atoms with van der Waals surface area (Å²) >= 11 is 3.30. The van der Waals surface area contributed by atoms with Gasteiger partial charge in [0.1, 0.15) is 5.56 Å².